The van der Waals surface area contributed by atoms with Crippen molar-refractivity contribution in [1.82, 2.24) is 14.5 Å². The van der Waals surface area contributed by atoms with Crippen LogP contribution in [0.4, 0.5) is 0 Å². The van der Waals surface area contributed by atoms with Gasteiger partial charge in [-0.15, -0.1) is 0 Å². The lowest BCUT2D eigenvalue weighted by Crippen LogP contribution is -1.94. The standard InChI is InChI=1S/C16H10ClN3S/c17-10-4-3-5-11(8-10)20-15-12-6-1-2-7-13(12)18-9-14(15)19-16(20)21/h1-9H,(H,19,21). The number of benzene rings is 2. The fraction of sp³-hybridized carbons (Fsp3) is 0. The van der Waals surface area contributed by atoms with Crippen molar-refractivity contribution >= 4 is 45.8 Å². The molecule has 4 rings (SSSR count). The zero-order chi connectivity index (χ0) is 14.4. The third-order valence-electron chi connectivity index (χ3n) is 3.48. The Labute approximate surface area is 130 Å². The number of rotatable bonds is 1. The first-order valence-corrected chi connectivity index (χ1v) is 7.27. The number of aromatic nitrogens is 3. The summed E-state index contributed by atoms with van der Waals surface area (Å²) in [5.74, 6) is 0. The minimum absolute atomic E-state index is 0.630. The maximum absolute atomic E-state index is 6.11. The van der Waals surface area contributed by atoms with Gasteiger partial charge in [0.05, 0.1) is 22.7 Å². The molecule has 2 aromatic carbocycles. The number of H-pyrrole nitrogens is 1. The van der Waals surface area contributed by atoms with Gasteiger partial charge in [0.1, 0.15) is 0 Å². The summed E-state index contributed by atoms with van der Waals surface area (Å²) in [6, 6.07) is 15.7. The zero-order valence-corrected chi connectivity index (χ0v) is 12.4. The highest BCUT2D eigenvalue weighted by molar-refractivity contribution is 7.71. The summed E-state index contributed by atoms with van der Waals surface area (Å²) in [4.78, 5) is 7.67. The van der Waals surface area contributed by atoms with Crippen LogP contribution in [0.2, 0.25) is 5.02 Å². The maximum Gasteiger partial charge on any atom is 0.182 e. The van der Waals surface area contributed by atoms with Crippen molar-refractivity contribution in [2.75, 3.05) is 0 Å². The van der Waals surface area contributed by atoms with E-state index in [0.717, 1.165) is 27.6 Å². The van der Waals surface area contributed by atoms with Crippen LogP contribution >= 0.6 is 23.8 Å². The van der Waals surface area contributed by atoms with E-state index in [9.17, 15) is 0 Å². The van der Waals surface area contributed by atoms with Gasteiger partial charge in [0.2, 0.25) is 0 Å². The summed E-state index contributed by atoms with van der Waals surface area (Å²) in [6.07, 6.45) is 1.81. The lowest BCUT2D eigenvalue weighted by atomic mass is 10.2. The fourth-order valence-electron chi connectivity index (χ4n) is 2.59. The molecule has 0 aliphatic rings. The Morgan fingerprint density at radius 2 is 1.95 bits per heavy atom. The molecule has 5 heteroatoms. The third-order valence-corrected chi connectivity index (χ3v) is 4.00. The number of para-hydroxylation sites is 1. The molecule has 0 unspecified atom stereocenters. The minimum atomic E-state index is 0.630. The van der Waals surface area contributed by atoms with Crippen LogP contribution in [-0.2, 0) is 0 Å². The molecular formula is C16H10ClN3S. The number of imidazole rings is 1. The van der Waals surface area contributed by atoms with Crippen LogP contribution in [0.5, 0.6) is 0 Å². The number of fused-ring (bicyclic) bond motifs is 3. The zero-order valence-electron chi connectivity index (χ0n) is 10.9. The first kappa shape index (κ1) is 12.6. The normalized spacial score (nSPS) is 11.3. The van der Waals surface area contributed by atoms with Gasteiger partial charge < -0.3 is 4.98 Å². The molecule has 0 spiro atoms. The average molecular weight is 312 g/mol. The van der Waals surface area contributed by atoms with E-state index in [4.69, 9.17) is 23.8 Å². The Morgan fingerprint density at radius 3 is 2.81 bits per heavy atom. The van der Waals surface area contributed by atoms with Crippen LogP contribution in [0.3, 0.4) is 0 Å². The van der Waals surface area contributed by atoms with Crippen molar-refractivity contribution in [3.63, 3.8) is 0 Å². The molecule has 0 saturated heterocycles. The first-order chi connectivity index (χ1) is 10.2. The quantitative estimate of drug-likeness (QED) is 0.508. The van der Waals surface area contributed by atoms with Crippen molar-refractivity contribution in [2.24, 2.45) is 0 Å². The highest BCUT2D eigenvalue weighted by Crippen LogP contribution is 2.27. The predicted octanol–water partition coefficient (Wildman–Crippen LogP) is 4.89. The van der Waals surface area contributed by atoms with Crippen LogP contribution < -0.4 is 0 Å². The number of hydrogen-bond acceptors (Lipinski definition) is 2. The van der Waals surface area contributed by atoms with E-state index >= 15 is 0 Å². The van der Waals surface area contributed by atoms with Crippen LogP contribution in [0.15, 0.2) is 54.7 Å². The molecule has 0 aliphatic heterocycles. The van der Waals surface area contributed by atoms with Gasteiger partial charge in [0.25, 0.3) is 0 Å². The van der Waals surface area contributed by atoms with E-state index in [1.807, 2.05) is 59.3 Å². The van der Waals surface area contributed by atoms with Crippen molar-refractivity contribution in [3.05, 3.63) is 64.5 Å². The molecule has 0 atom stereocenters. The molecule has 4 aromatic rings. The van der Waals surface area contributed by atoms with Crippen molar-refractivity contribution in [1.29, 1.82) is 0 Å². The molecule has 2 aromatic heterocycles. The van der Waals surface area contributed by atoms with Crippen molar-refractivity contribution < 1.29 is 0 Å². The van der Waals surface area contributed by atoms with Crippen LogP contribution in [-0.4, -0.2) is 14.5 Å². The van der Waals surface area contributed by atoms with E-state index in [1.54, 1.807) is 0 Å². The summed E-state index contributed by atoms with van der Waals surface area (Å²) >= 11 is 11.6. The van der Waals surface area contributed by atoms with E-state index in [2.05, 4.69) is 9.97 Å². The number of nitrogens with zero attached hydrogens (tertiary/aromatic N) is 2. The number of aromatic amines is 1. The van der Waals surface area contributed by atoms with Gasteiger partial charge in [-0.25, -0.2) is 0 Å². The SMILES string of the molecule is S=c1[nH]c2cnc3ccccc3c2n1-c1cccc(Cl)c1. The largest absolute Gasteiger partial charge is 0.329 e. The summed E-state index contributed by atoms with van der Waals surface area (Å²) in [5, 5.41) is 1.74. The molecule has 0 bridgehead atoms. The second-order valence-electron chi connectivity index (χ2n) is 4.78. The van der Waals surface area contributed by atoms with E-state index in [0.29, 0.717) is 9.79 Å². The Hall–Kier alpha value is -2.17. The topological polar surface area (TPSA) is 33.6 Å². The summed E-state index contributed by atoms with van der Waals surface area (Å²) in [6.45, 7) is 0. The van der Waals surface area contributed by atoms with Crippen LogP contribution in [0, 0.1) is 4.77 Å². The fourth-order valence-corrected chi connectivity index (χ4v) is 3.08. The van der Waals surface area contributed by atoms with E-state index in [1.165, 1.54) is 0 Å². The van der Waals surface area contributed by atoms with Gasteiger partial charge in [-0.1, -0.05) is 35.9 Å². The highest BCUT2D eigenvalue weighted by atomic mass is 35.5. The Bertz CT molecular complexity index is 1030. The van der Waals surface area contributed by atoms with Crippen LogP contribution in [0.1, 0.15) is 0 Å². The van der Waals surface area contributed by atoms with Gasteiger partial charge in [-0.2, -0.15) is 0 Å². The van der Waals surface area contributed by atoms with E-state index in [-0.39, 0.29) is 0 Å². The summed E-state index contributed by atoms with van der Waals surface area (Å²) in [5.41, 5.74) is 3.82. The number of halogens is 1. The molecule has 0 saturated carbocycles. The van der Waals surface area contributed by atoms with Gasteiger partial charge in [0.15, 0.2) is 4.77 Å². The molecule has 0 radical (unpaired) electrons. The second kappa shape index (κ2) is 4.69. The Balaban J connectivity index is 2.20. The number of pyridine rings is 1. The lowest BCUT2D eigenvalue weighted by molar-refractivity contribution is 1.07. The molecule has 0 aliphatic carbocycles. The maximum atomic E-state index is 6.11. The van der Waals surface area contributed by atoms with Crippen LogP contribution in [0.25, 0.3) is 27.6 Å². The molecule has 1 N–H and O–H groups in total. The van der Waals surface area contributed by atoms with Gasteiger partial charge in [-0.05, 0) is 36.5 Å². The first-order valence-electron chi connectivity index (χ1n) is 6.48. The van der Waals surface area contributed by atoms with Gasteiger partial charge in [-0.3, -0.25) is 9.55 Å². The third kappa shape index (κ3) is 1.95. The van der Waals surface area contributed by atoms with E-state index < -0.39 is 0 Å². The molecule has 2 heterocycles. The predicted molar refractivity (Wildman–Crippen MR) is 88.8 cm³/mol. The Morgan fingerprint density at radius 1 is 1.10 bits per heavy atom. The number of nitrogens with one attached hydrogen (secondary N) is 1. The smallest absolute Gasteiger partial charge is 0.182 e. The molecule has 0 amide bonds. The molecule has 102 valence electrons. The summed E-state index contributed by atoms with van der Waals surface area (Å²) < 4.78 is 2.63. The lowest BCUT2D eigenvalue weighted by Gasteiger charge is -2.07. The second-order valence-corrected chi connectivity index (χ2v) is 5.61. The minimum Gasteiger partial charge on any atom is -0.329 e. The molecule has 0 fully saturated rings. The molecule has 21 heavy (non-hydrogen) atoms. The number of hydrogen-bond donors (Lipinski definition) is 1. The van der Waals surface area contributed by atoms with Gasteiger partial charge >= 0.3 is 0 Å². The van der Waals surface area contributed by atoms with Gasteiger partial charge in [0, 0.05) is 16.1 Å². The monoisotopic (exact) mass is 311 g/mol. The molecule has 3 nitrogen and oxygen atoms in total. The van der Waals surface area contributed by atoms with Crippen molar-refractivity contribution in [3.8, 4) is 5.69 Å². The van der Waals surface area contributed by atoms with Crippen molar-refractivity contribution in [2.45, 2.75) is 0 Å². The highest BCUT2D eigenvalue weighted by Gasteiger charge is 2.11. The average Bonchev–Trinajstić information content (AvgIpc) is 2.83. The molecular weight excluding hydrogens is 302 g/mol. The summed E-state index contributed by atoms with van der Waals surface area (Å²) in [7, 11) is 0. The Kier molecular flexibility index (Phi) is 2.80.